The molecule has 0 fully saturated rings. The molecule has 10 nitrogen and oxygen atoms in total. The van der Waals surface area contributed by atoms with Crippen molar-refractivity contribution in [3.8, 4) is 0 Å². The smallest absolute Gasteiger partial charge is 0.360 e. The lowest BCUT2D eigenvalue weighted by Gasteiger charge is -2.22. The van der Waals surface area contributed by atoms with Crippen LogP contribution in [0.3, 0.4) is 0 Å². The van der Waals surface area contributed by atoms with Gasteiger partial charge in [0.1, 0.15) is 12.3 Å². The van der Waals surface area contributed by atoms with Crippen molar-refractivity contribution in [3.05, 3.63) is 70.4 Å². The zero-order chi connectivity index (χ0) is 22.1. The fourth-order valence-electron chi connectivity index (χ4n) is 3.59. The van der Waals surface area contributed by atoms with E-state index in [9.17, 15) is 19.2 Å². The number of aromatic nitrogens is 3. The Balaban J connectivity index is 1.64. The topological polar surface area (TPSA) is 125 Å². The Labute approximate surface area is 176 Å². The van der Waals surface area contributed by atoms with Crippen LogP contribution in [0.25, 0.3) is 0 Å². The van der Waals surface area contributed by atoms with E-state index in [0.29, 0.717) is 28.9 Å². The number of aldehydes is 1. The molecule has 1 aliphatic heterocycles. The van der Waals surface area contributed by atoms with Crippen LogP contribution in [0.15, 0.2) is 40.8 Å². The van der Waals surface area contributed by atoms with Gasteiger partial charge in [-0.2, -0.15) is 0 Å². The highest BCUT2D eigenvalue weighted by Gasteiger charge is 2.39. The molecule has 10 heteroatoms. The monoisotopic (exact) mass is 422 g/mol. The summed E-state index contributed by atoms with van der Waals surface area (Å²) in [7, 11) is 1.22. The third-order valence-electron chi connectivity index (χ3n) is 5.08. The van der Waals surface area contributed by atoms with Crippen molar-refractivity contribution in [1.82, 2.24) is 19.9 Å². The van der Waals surface area contributed by atoms with Gasteiger partial charge in [0.25, 0.3) is 11.8 Å². The van der Waals surface area contributed by atoms with Crippen LogP contribution in [-0.2, 0) is 17.7 Å². The summed E-state index contributed by atoms with van der Waals surface area (Å²) in [6.45, 7) is 1.81. The van der Waals surface area contributed by atoms with Crippen LogP contribution in [0.1, 0.15) is 60.1 Å². The number of esters is 1. The number of hydrogen-bond acceptors (Lipinski definition) is 8. The summed E-state index contributed by atoms with van der Waals surface area (Å²) in [5, 5.41) is 7.91. The van der Waals surface area contributed by atoms with E-state index in [4.69, 9.17) is 9.15 Å². The fourth-order valence-corrected chi connectivity index (χ4v) is 3.59. The Bertz CT molecular complexity index is 1160. The Hall–Kier alpha value is -4.08. The van der Waals surface area contributed by atoms with E-state index >= 15 is 0 Å². The third-order valence-corrected chi connectivity index (χ3v) is 5.08. The van der Waals surface area contributed by atoms with Crippen molar-refractivity contribution in [2.75, 3.05) is 7.11 Å². The minimum Gasteiger partial charge on any atom is -0.464 e. The molecule has 158 valence electrons. The summed E-state index contributed by atoms with van der Waals surface area (Å²) in [5.41, 5.74) is 1.04. The first-order chi connectivity index (χ1) is 14.9. The molecule has 3 heterocycles. The van der Waals surface area contributed by atoms with Gasteiger partial charge in [0.15, 0.2) is 17.7 Å². The zero-order valence-electron chi connectivity index (χ0n) is 16.8. The Morgan fingerprint density at radius 2 is 1.84 bits per heavy atom. The van der Waals surface area contributed by atoms with E-state index in [-0.39, 0.29) is 24.4 Å². The lowest BCUT2D eigenvalue weighted by atomic mass is 10.1. The number of carbonyl (C=O) groups excluding carboxylic acids is 4. The lowest BCUT2D eigenvalue weighted by molar-refractivity contribution is 0.0592. The normalized spacial score (nSPS) is 13.9. The Kier molecular flexibility index (Phi) is 5.20. The molecule has 0 bridgehead atoms. The van der Waals surface area contributed by atoms with Gasteiger partial charge in [0, 0.05) is 12.5 Å². The maximum Gasteiger partial charge on any atom is 0.360 e. The molecule has 1 aliphatic rings. The van der Waals surface area contributed by atoms with Gasteiger partial charge in [-0.15, -0.1) is 5.10 Å². The first-order valence-corrected chi connectivity index (χ1v) is 9.46. The van der Waals surface area contributed by atoms with Gasteiger partial charge in [-0.3, -0.25) is 19.3 Å². The van der Waals surface area contributed by atoms with Crippen LogP contribution in [-0.4, -0.2) is 57.1 Å². The van der Waals surface area contributed by atoms with Crippen molar-refractivity contribution >= 4 is 24.1 Å². The molecular formula is C21H18N4O6. The quantitative estimate of drug-likeness (QED) is 0.320. The van der Waals surface area contributed by atoms with Crippen molar-refractivity contribution in [2.45, 2.75) is 25.9 Å². The summed E-state index contributed by atoms with van der Waals surface area (Å²) in [6, 6.07) is 9.15. The zero-order valence-corrected chi connectivity index (χ0v) is 16.8. The number of rotatable bonds is 7. The standard InChI is InChI=1S/C21H18N4O6/c1-12(25-19(27)15-5-3-4-6-16(15)20(25)28)9-17-18(21(29)30-2)22-23-24(17)10-13-7-8-14(11-26)31-13/h3-8,11-12H,9-10H2,1-2H3. The van der Waals surface area contributed by atoms with Crippen LogP contribution in [0, 0.1) is 0 Å². The van der Waals surface area contributed by atoms with Gasteiger partial charge in [-0.05, 0) is 31.2 Å². The average Bonchev–Trinajstić information content (AvgIpc) is 3.46. The average molecular weight is 422 g/mol. The molecule has 0 saturated carbocycles. The van der Waals surface area contributed by atoms with Crippen LogP contribution < -0.4 is 0 Å². The van der Waals surface area contributed by atoms with Gasteiger partial charge < -0.3 is 9.15 Å². The molecule has 1 atom stereocenters. The predicted octanol–water partition coefficient (Wildman–Crippen LogP) is 1.75. The second-order valence-corrected chi connectivity index (χ2v) is 7.03. The number of ether oxygens (including phenoxy) is 1. The Morgan fingerprint density at radius 1 is 1.16 bits per heavy atom. The molecule has 0 radical (unpaired) electrons. The van der Waals surface area contributed by atoms with E-state index in [0.717, 1.165) is 0 Å². The maximum atomic E-state index is 12.8. The van der Waals surface area contributed by atoms with Crippen LogP contribution >= 0.6 is 0 Å². The molecule has 0 aliphatic carbocycles. The van der Waals surface area contributed by atoms with Gasteiger partial charge in [-0.25, -0.2) is 9.48 Å². The van der Waals surface area contributed by atoms with Gasteiger partial charge >= 0.3 is 5.97 Å². The number of methoxy groups -OCH3 is 1. The Morgan fingerprint density at radius 3 is 2.42 bits per heavy atom. The number of furan rings is 1. The molecular weight excluding hydrogens is 404 g/mol. The highest BCUT2D eigenvalue weighted by molar-refractivity contribution is 6.21. The van der Waals surface area contributed by atoms with E-state index in [2.05, 4.69) is 10.3 Å². The van der Waals surface area contributed by atoms with Crippen molar-refractivity contribution in [3.63, 3.8) is 0 Å². The summed E-state index contributed by atoms with van der Waals surface area (Å²) in [4.78, 5) is 49.8. The molecule has 0 spiro atoms. The molecule has 4 rings (SSSR count). The number of nitrogens with zero attached hydrogens (tertiary/aromatic N) is 4. The SMILES string of the molecule is COC(=O)c1nnn(Cc2ccc(C=O)o2)c1CC(C)N1C(=O)c2ccccc2C1=O. The molecule has 0 N–H and O–H groups in total. The molecule has 3 aromatic rings. The minimum absolute atomic E-state index is 0.0203. The number of amides is 2. The third kappa shape index (κ3) is 3.52. The molecule has 1 unspecified atom stereocenters. The predicted molar refractivity (Wildman–Crippen MR) is 105 cm³/mol. The van der Waals surface area contributed by atoms with E-state index in [1.54, 1.807) is 37.3 Å². The van der Waals surface area contributed by atoms with E-state index in [1.807, 2.05) is 0 Å². The molecule has 2 amide bonds. The number of carbonyl (C=O) groups is 4. The van der Waals surface area contributed by atoms with Crippen LogP contribution in [0.2, 0.25) is 0 Å². The van der Waals surface area contributed by atoms with Gasteiger partial charge in [0.2, 0.25) is 0 Å². The maximum absolute atomic E-state index is 12.8. The highest BCUT2D eigenvalue weighted by atomic mass is 16.5. The number of benzene rings is 1. The minimum atomic E-state index is -0.691. The largest absolute Gasteiger partial charge is 0.464 e. The van der Waals surface area contributed by atoms with Crippen molar-refractivity contribution < 1.29 is 28.3 Å². The molecule has 1 aromatic carbocycles. The number of imide groups is 1. The molecule has 31 heavy (non-hydrogen) atoms. The summed E-state index contributed by atoms with van der Waals surface area (Å²) >= 11 is 0. The summed E-state index contributed by atoms with van der Waals surface area (Å²) in [6.07, 6.45) is 0.695. The summed E-state index contributed by atoms with van der Waals surface area (Å²) < 4.78 is 11.6. The first kappa shape index (κ1) is 20.2. The van der Waals surface area contributed by atoms with E-state index in [1.165, 1.54) is 22.8 Å². The number of hydrogen-bond donors (Lipinski definition) is 0. The fraction of sp³-hybridized carbons (Fsp3) is 0.238. The van der Waals surface area contributed by atoms with Crippen molar-refractivity contribution in [2.24, 2.45) is 0 Å². The first-order valence-electron chi connectivity index (χ1n) is 9.46. The molecule has 2 aromatic heterocycles. The van der Waals surface area contributed by atoms with Gasteiger partial charge in [-0.1, -0.05) is 17.3 Å². The second kappa shape index (κ2) is 7.98. The van der Waals surface area contributed by atoms with Crippen LogP contribution in [0.5, 0.6) is 0 Å². The second-order valence-electron chi connectivity index (χ2n) is 7.03. The lowest BCUT2D eigenvalue weighted by Crippen LogP contribution is -2.40. The number of fused-ring (bicyclic) bond motifs is 1. The van der Waals surface area contributed by atoms with Crippen LogP contribution in [0.4, 0.5) is 0 Å². The molecule has 0 saturated heterocycles. The summed E-state index contributed by atoms with van der Waals surface area (Å²) in [5.74, 6) is -0.895. The van der Waals surface area contributed by atoms with Crippen molar-refractivity contribution in [1.29, 1.82) is 0 Å². The highest BCUT2D eigenvalue weighted by Crippen LogP contribution is 2.26. The van der Waals surface area contributed by atoms with E-state index < -0.39 is 23.8 Å². The van der Waals surface area contributed by atoms with Gasteiger partial charge in [0.05, 0.1) is 23.9 Å².